The van der Waals surface area contributed by atoms with Crippen LogP contribution in [0.3, 0.4) is 0 Å². The van der Waals surface area contributed by atoms with Crippen molar-refractivity contribution in [3.8, 4) is 16.6 Å². The third-order valence-electron chi connectivity index (χ3n) is 5.34. The highest BCUT2D eigenvalue weighted by molar-refractivity contribution is 7.20. The van der Waals surface area contributed by atoms with Gasteiger partial charge in [-0.15, -0.1) is 0 Å². The molecule has 1 aliphatic rings. The number of anilines is 1. The molecule has 0 fully saturated rings. The van der Waals surface area contributed by atoms with Crippen molar-refractivity contribution >= 4 is 33.3 Å². The number of para-hydroxylation sites is 2. The maximum atomic E-state index is 12.7. The average Bonchev–Trinajstić information content (AvgIpc) is 3.40. The molecule has 8 heteroatoms. The van der Waals surface area contributed by atoms with Crippen LogP contribution in [0.2, 0.25) is 0 Å². The van der Waals surface area contributed by atoms with Gasteiger partial charge < -0.3 is 14.8 Å². The Labute approximate surface area is 183 Å². The summed E-state index contributed by atoms with van der Waals surface area (Å²) in [5.41, 5.74) is 2.77. The van der Waals surface area contributed by atoms with Crippen molar-refractivity contribution in [1.29, 1.82) is 0 Å². The summed E-state index contributed by atoms with van der Waals surface area (Å²) < 4.78 is 14.4. The van der Waals surface area contributed by atoms with Crippen molar-refractivity contribution in [2.45, 2.75) is 25.7 Å². The molecule has 1 aliphatic heterocycles. The molecule has 4 aromatic rings. The van der Waals surface area contributed by atoms with Crippen LogP contribution in [0.15, 0.2) is 48.7 Å². The molecule has 2 aromatic carbocycles. The number of aromatic nitrogens is 3. The van der Waals surface area contributed by atoms with E-state index >= 15 is 0 Å². The van der Waals surface area contributed by atoms with Gasteiger partial charge in [-0.2, -0.15) is 9.78 Å². The van der Waals surface area contributed by atoms with Gasteiger partial charge in [-0.3, -0.25) is 4.79 Å². The zero-order valence-corrected chi connectivity index (χ0v) is 18.1. The van der Waals surface area contributed by atoms with Crippen LogP contribution in [0, 0.1) is 0 Å². The minimum absolute atomic E-state index is 0.0652. The van der Waals surface area contributed by atoms with E-state index < -0.39 is 0 Å². The van der Waals surface area contributed by atoms with Crippen LogP contribution in [-0.2, 0) is 4.79 Å². The normalized spacial score (nSPS) is 15.5. The highest BCUT2D eigenvalue weighted by atomic mass is 32.1. The van der Waals surface area contributed by atoms with E-state index in [0.717, 1.165) is 32.9 Å². The van der Waals surface area contributed by atoms with Gasteiger partial charge in [0.05, 0.1) is 30.1 Å². The lowest BCUT2D eigenvalue weighted by atomic mass is 9.86. The lowest BCUT2D eigenvalue weighted by Crippen LogP contribution is -2.25. The minimum atomic E-state index is -0.186. The van der Waals surface area contributed by atoms with Crippen LogP contribution in [0.5, 0.6) is 11.5 Å². The second-order valence-electron chi connectivity index (χ2n) is 7.36. The number of fused-ring (bicyclic) bond motifs is 2. The van der Waals surface area contributed by atoms with Gasteiger partial charge in [0.15, 0.2) is 11.5 Å². The van der Waals surface area contributed by atoms with E-state index in [2.05, 4.69) is 17.3 Å². The molecule has 0 saturated carbocycles. The number of thiazole rings is 1. The van der Waals surface area contributed by atoms with Crippen molar-refractivity contribution in [1.82, 2.24) is 14.8 Å². The topological polar surface area (TPSA) is 78.3 Å². The number of nitrogens with zero attached hydrogens (tertiary/aromatic N) is 3. The Bertz CT molecular complexity index is 1230. The predicted octanol–water partition coefficient (Wildman–Crippen LogP) is 4.75. The van der Waals surface area contributed by atoms with Gasteiger partial charge in [-0.05, 0) is 24.6 Å². The summed E-state index contributed by atoms with van der Waals surface area (Å²) >= 11 is 1.54. The SMILES string of the molecule is CCCOc1c(OC)cccc1C1CC(=O)Nc2c1cnn2-c1nc2ccccc2s1. The summed E-state index contributed by atoms with van der Waals surface area (Å²) in [5.74, 6) is 1.75. The quantitative estimate of drug-likeness (QED) is 0.474. The van der Waals surface area contributed by atoms with Gasteiger partial charge in [-0.25, -0.2) is 4.98 Å². The molecule has 31 heavy (non-hydrogen) atoms. The van der Waals surface area contributed by atoms with Crippen LogP contribution in [0.25, 0.3) is 15.3 Å². The molecule has 3 heterocycles. The Hall–Kier alpha value is -3.39. The fraction of sp³-hybridized carbons (Fsp3) is 0.261. The van der Waals surface area contributed by atoms with Gasteiger partial charge in [0.1, 0.15) is 5.82 Å². The van der Waals surface area contributed by atoms with Gasteiger partial charge in [0, 0.05) is 23.5 Å². The Morgan fingerprint density at radius 2 is 2.06 bits per heavy atom. The first-order valence-corrected chi connectivity index (χ1v) is 11.0. The molecule has 0 saturated heterocycles. The zero-order valence-electron chi connectivity index (χ0n) is 17.3. The summed E-state index contributed by atoms with van der Waals surface area (Å²) in [6.07, 6.45) is 3.01. The fourth-order valence-electron chi connectivity index (χ4n) is 3.92. The molecule has 2 aromatic heterocycles. The van der Waals surface area contributed by atoms with Crippen LogP contribution in [0.1, 0.15) is 36.8 Å². The second kappa shape index (κ2) is 8.03. The number of ether oxygens (including phenoxy) is 2. The van der Waals surface area contributed by atoms with E-state index in [1.807, 2.05) is 48.7 Å². The third kappa shape index (κ3) is 3.42. The van der Waals surface area contributed by atoms with Crippen molar-refractivity contribution in [2.75, 3.05) is 19.0 Å². The minimum Gasteiger partial charge on any atom is -0.493 e. The Morgan fingerprint density at radius 3 is 2.87 bits per heavy atom. The largest absolute Gasteiger partial charge is 0.493 e. The molecule has 0 aliphatic carbocycles. The Morgan fingerprint density at radius 1 is 1.19 bits per heavy atom. The van der Waals surface area contributed by atoms with Gasteiger partial charge in [0.25, 0.3) is 0 Å². The second-order valence-corrected chi connectivity index (χ2v) is 8.37. The Kier molecular flexibility index (Phi) is 5.07. The van der Waals surface area contributed by atoms with E-state index in [0.29, 0.717) is 30.3 Å². The number of benzene rings is 2. The van der Waals surface area contributed by atoms with Gasteiger partial charge in [0.2, 0.25) is 11.0 Å². The van der Waals surface area contributed by atoms with E-state index in [1.54, 1.807) is 11.8 Å². The fourth-order valence-corrected chi connectivity index (χ4v) is 4.85. The van der Waals surface area contributed by atoms with Crippen LogP contribution in [0.4, 0.5) is 5.82 Å². The number of rotatable bonds is 6. The molecular weight excluding hydrogens is 412 g/mol. The monoisotopic (exact) mass is 434 g/mol. The third-order valence-corrected chi connectivity index (χ3v) is 6.35. The molecule has 0 bridgehead atoms. The van der Waals surface area contributed by atoms with Gasteiger partial charge >= 0.3 is 0 Å². The highest BCUT2D eigenvalue weighted by Gasteiger charge is 2.33. The molecule has 1 unspecified atom stereocenters. The van der Waals surface area contributed by atoms with Crippen molar-refractivity contribution in [2.24, 2.45) is 0 Å². The van der Waals surface area contributed by atoms with Crippen molar-refractivity contribution in [3.05, 3.63) is 59.8 Å². The first-order chi connectivity index (χ1) is 15.2. The number of carbonyl (C=O) groups excluding carboxylic acids is 1. The summed E-state index contributed by atoms with van der Waals surface area (Å²) in [5, 5.41) is 8.30. The van der Waals surface area contributed by atoms with E-state index in [1.165, 1.54) is 11.3 Å². The molecule has 1 atom stereocenters. The summed E-state index contributed by atoms with van der Waals surface area (Å²) in [7, 11) is 1.63. The first kappa shape index (κ1) is 19.6. The predicted molar refractivity (Wildman–Crippen MR) is 121 cm³/mol. The molecule has 158 valence electrons. The lowest BCUT2D eigenvalue weighted by Gasteiger charge is -2.25. The van der Waals surface area contributed by atoms with E-state index in [4.69, 9.17) is 14.5 Å². The molecule has 7 nitrogen and oxygen atoms in total. The summed E-state index contributed by atoms with van der Waals surface area (Å²) in [6, 6.07) is 13.8. The summed E-state index contributed by atoms with van der Waals surface area (Å²) in [4.78, 5) is 17.4. The highest BCUT2D eigenvalue weighted by Crippen LogP contribution is 2.44. The number of methoxy groups -OCH3 is 1. The summed E-state index contributed by atoms with van der Waals surface area (Å²) in [6.45, 7) is 2.63. The van der Waals surface area contributed by atoms with Crippen LogP contribution in [-0.4, -0.2) is 34.4 Å². The molecule has 0 spiro atoms. The molecule has 1 N–H and O–H groups in total. The number of nitrogens with one attached hydrogen (secondary N) is 1. The van der Waals surface area contributed by atoms with Crippen LogP contribution < -0.4 is 14.8 Å². The molecule has 5 rings (SSSR count). The van der Waals surface area contributed by atoms with Crippen molar-refractivity contribution in [3.63, 3.8) is 0 Å². The number of hydrogen-bond acceptors (Lipinski definition) is 6. The van der Waals surface area contributed by atoms with Crippen molar-refractivity contribution < 1.29 is 14.3 Å². The standard InChI is InChI=1S/C23H22N4O3S/c1-3-11-30-21-14(7-6-9-18(21)29-2)15-12-20(28)26-22-16(15)13-24-27(22)23-25-17-8-4-5-10-19(17)31-23/h4-10,13,15H,3,11-12H2,1-2H3,(H,26,28). The van der Waals surface area contributed by atoms with E-state index in [9.17, 15) is 4.79 Å². The maximum absolute atomic E-state index is 12.7. The number of hydrogen-bond donors (Lipinski definition) is 1. The maximum Gasteiger partial charge on any atom is 0.226 e. The zero-order chi connectivity index (χ0) is 21.4. The first-order valence-electron chi connectivity index (χ1n) is 10.2. The Balaban J connectivity index is 1.61. The van der Waals surface area contributed by atoms with Gasteiger partial charge in [-0.1, -0.05) is 42.5 Å². The van der Waals surface area contributed by atoms with E-state index in [-0.39, 0.29) is 11.8 Å². The molecule has 0 radical (unpaired) electrons. The lowest BCUT2D eigenvalue weighted by molar-refractivity contribution is -0.116. The smallest absolute Gasteiger partial charge is 0.226 e. The number of amides is 1. The average molecular weight is 435 g/mol. The number of carbonyl (C=O) groups is 1. The molecular formula is C23H22N4O3S. The van der Waals surface area contributed by atoms with Crippen LogP contribution >= 0.6 is 11.3 Å². The molecule has 1 amide bonds.